The molecule has 0 radical (unpaired) electrons. The van der Waals surface area contributed by atoms with Gasteiger partial charge in [0.15, 0.2) is 6.10 Å². The zero-order valence-corrected chi connectivity index (χ0v) is 48.3. The molecule has 0 rings (SSSR count). The monoisotopic (exact) mass is 1000 g/mol. The number of unbranched alkanes of at least 4 members (excludes halogenated alkanes) is 47. The molecule has 6 nitrogen and oxygen atoms in total. The van der Waals surface area contributed by atoms with Gasteiger partial charge in [0.1, 0.15) is 13.2 Å². The Bertz CT molecular complexity index is 1100. The van der Waals surface area contributed by atoms with E-state index in [1.807, 2.05) is 0 Å². The second kappa shape index (κ2) is 60.7. The van der Waals surface area contributed by atoms with Crippen LogP contribution in [0.2, 0.25) is 0 Å². The topological polar surface area (TPSA) is 78.9 Å². The second-order valence-corrected chi connectivity index (χ2v) is 22.0. The molecule has 0 amide bonds. The quantitative estimate of drug-likeness (QED) is 0.0261. The molecule has 0 saturated carbocycles. The van der Waals surface area contributed by atoms with Crippen LogP contribution in [0.5, 0.6) is 0 Å². The minimum Gasteiger partial charge on any atom is -0.462 e. The van der Waals surface area contributed by atoms with Crippen molar-refractivity contribution in [3.8, 4) is 0 Å². The maximum atomic E-state index is 12.8. The highest BCUT2D eigenvalue weighted by atomic mass is 16.6. The third-order valence-electron chi connectivity index (χ3n) is 14.8. The standard InChI is InChI=1S/C65H124O6/c1-4-7-10-13-16-18-20-22-24-26-27-28-29-30-31-32-33-34-35-36-37-39-40-42-44-46-49-52-55-58-64(67)70-61-62(60-69-63(66)57-54-51-48-15-12-9-6-3)71-65(68)59-56-53-50-47-45-43-41-38-25-23-21-19-17-14-11-8-5-2/h26-27,62H,4-25,28-61H2,1-3H3/b27-26-. The zero-order valence-electron chi connectivity index (χ0n) is 48.3. The van der Waals surface area contributed by atoms with Crippen LogP contribution < -0.4 is 0 Å². The molecule has 0 aromatic rings. The van der Waals surface area contributed by atoms with Crippen LogP contribution in [-0.2, 0) is 28.6 Å². The third kappa shape index (κ3) is 58.9. The highest BCUT2D eigenvalue weighted by Crippen LogP contribution is 2.18. The summed E-state index contributed by atoms with van der Waals surface area (Å²) in [4.78, 5) is 38.0. The van der Waals surface area contributed by atoms with Crippen LogP contribution in [0.1, 0.15) is 367 Å². The summed E-state index contributed by atoms with van der Waals surface area (Å²) < 4.78 is 16.8. The first-order valence-electron chi connectivity index (χ1n) is 32.2. The van der Waals surface area contributed by atoms with Crippen LogP contribution in [0.25, 0.3) is 0 Å². The largest absolute Gasteiger partial charge is 0.462 e. The van der Waals surface area contributed by atoms with Gasteiger partial charge in [-0.1, -0.05) is 315 Å². The van der Waals surface area contributed by atoms with E-state index < -0.39 is 6.10 Å². The van der Waals surface area contributed by atoms with Crippen molar-refractivity contribution in [1.82, 2.24) is 0 Å². The molecule has 1 unspecified atom stereocenters. The fourth-order valence-electron chi connectivity index (χ4n) is 9.91. The Morgan fingerprint density at radius 3 is 0.704 bits per heavy atom. The van der Waals surface area contributed by atoms with E-state index in [0.717, 1.165) is 57.8 Å². The molecule has 0 bridgehead atoms. The summed E-state index contributed by atoms with van der Waals surface area (Å²) in [5.41, 5.74) is 0. The number of esters is 3. The van der Waals surface area contributed by atoms with E-state index in [1.165, 1.54) is 270 Å². The van der Waals surface area contributed by atoms with Crippen molar-refractivity contribution in [3.05, 3.63) is 12.2 Å². The van der Waals surface area contributed by atoms with E-state index in [2.05, 4.69) is 32.9 Å². The molecule has 0 N–H and O–H groups in total. The fraction of sp³-hybridized carbons (Fsp3) is 0.923. The van der Waals surface area contributed by atoms with Crippen LogP contribution >= 0.6 is 0 Å². The Balaban J connectivity index is 4.00. The van der Waals surface area contributed by atoms with Crippen molar-refractivity contribution >= 4 is 17.9 Å². The van der Waals surface area contributed by atoms with Gasteiger partial charge in [-0.3, -0.25) is 14.4 Å². The minimum atomic E-state index is -0.762. The summed E-state index contributed by atoms with van der Waals surface area (Å²) in [5, 5.41) is 0. The van der Waals surface area contributed by atoms with Crippen LogP contribution in [-0.4, -0.2) is 37.2 Å². The van der Waals surface area contributed by atoms with E-state index in [1.54, 1.807) is 0 Å². The lowest BCUT2D eigenvalue weighted by atomic mass is 10.0. The molecule has 0 spiro atoms. The molecule has 0 fully saturated rings. The normalized spacial score (nSPS) is 12.0. The number of hydrogen-bond acceptors (Lipinski definition) is 6. The van der Waals surface area contributed by atoms with Gasteiger partial charge in [0.2, 0.25) is 0 Å². The van der Waals surface area contributed by atoms with Crippen LogP contribution in [0, 0.1) is 0 Å². The summed E-state index contributed by atoms with van der Waals surface area (Å²) in [6.45, 7) is 6.66. The third-order valence-corrected chi connectivity index (χ3v) is 14.8. The van der Waals surface area contributed by atoms with Crippen LogP contribution in [0.15, 0.2) is 12.2 Å². The van der Waals surface area contributed by atoms with Gasteiger partial charge in [-0.2, -0.15) is 0 Å². The van der Waals surface area contributed by atoms with E-state index in [9.17, 15) is 14.4 Å². The van der Waals surface area contributed by atoms with Crippen molar-refractivity contribution in [2.45, 2.75) is 374 Å². The summed E-state index contributed by atoms with van der Waals surface area (Å²) in [6.07, 6.45) is 71.2. The molecular weight excluding hydrogens is 877 g/mol. The molecule has 0 heterocycles. The Morgan fingerprint density at radius 1 is 0.268 bits per heavy atom. The molecule has 71 heavy (non-hydrogen) atoms. The second-order valence-electron chi connectivity index (χ2n) is 22.0. The van der Waals surface area contributed by atoms with Gasteiger partial charge in [-0.25, -0.2) is 0 Å². The van der Waals surface area contributed by atoms with E-state index in [0.29, 0.717) is 19.3 Å². The average Bonchev–Trinajstić information content (AvgIpc) is 3.37. The zero-order chi connectivity index (χ0) is 51.4. The molecule has 0 aliphatic carbocycles. The lowest BCUT2D eigenvalue weighted by Gasteiger charge is -2.18. The highest BCUT2D eigenvalue weighted by molar-refractivity contribution is 5.71. The van der Waals surface area contributed by atoms with Crippen LogP contribution in [0.4, 0.5) is 0 Å². The number of rotatable bonds is 60. The van der Waals surface area contributed by atoms with E-state index in [4.69, 9.17) is 14.2 Å². The minimum absolute atomic E-state index is 0.0634. The van der Waals surface area contributed by atoms with Gasteiger partial charge in [0.05, 0.1) is 0 Å². The van der Waals surface area contributed by atoms with Crippen LogP contribution in [0.3, 0.4) is 0 Å². The predicted molar refractivity (Wildman–Crippen MR) is 307 cm³/mol. The van der Waals surface area contributed by atoms with Gasteiger partial charge in [0, 0.05) is 19.3 Å². The average molecular weight is 1000 g/mol. The Labute approximate surface area is 443 Å². The lowest BCUT2D eigenvalue weighted by molar-refractivity contribution is -0.167. The predicted octanol–water partition coefficient (Wildman–Crippen LogP) is 21.7. The number of carbonyl (C=O) groups is 3. The summed E-state index contributed by atoms with van der Waals surface area (Å²) in [6, 6.07) is 0. The van der Waals surface area contributed by atoms with Crippen molar-refractivity contribution in [2.24, 2.45) is 0 Å². The van der Waals surface area contributed by atoms with Crippen molar-refractivity contribution in [3.63, 3.8) is 0 Å². The van der Waals surface area contributed by atoms with Gasteiger partial charge >= 0.3 is 17.9 Å². The molecular formula is C65H124O6. The molecule has 0 saturated heterocycles. The van der Waals surface area contributed by atoms with Crippen molar-refractivity contribution in [1.29, 1.82) is 0 Å². The van der Waals surface area contributed by atoms with Gasteiger partial charge in [0.25, 0.3) is 0 Å². The first-order valence-corrected chi connectivity index (χ1v) is 32.2. The SMILES string of the molecule is CCCCCCCCCC/C=C\CCCCCCCCCCCCCCCCCCCC(=O)OCC(COC(=O)CCCCCCCCC)OC(=O)CCCCCCCCCCCCCCCCCCC. The first-order chi connectivity index (χ1) is 35.0. The molecule has 6 heteroatoms. The Morgan fingerprint density at radius 2 is 0.465 bits per heavy atom. The number of ether oxygens (including phenoxy) is 3. The van der Waals surface area contributed by atoms with Gasteiger partial charge in [-0.05, 0) is 44.9 Å². The highest BCUT2D eigenvalue weighted by Gasteiger charge is 2.19. The smallest absolute Gasteiger partial charge is 0.306 e. The number of carbonyl (C=O) groups excluding carboxylic acids is 3. The fourth-order valence-corrected chi connectivity index (χ4v) is 9.91. The molecule has 0 aliphatic heterocycles. The van der Waals surface area contributed by atoms with Gasteiger partial charge < -0.3 is 14.2 Å². The lowest BCUT2D eigenvalue weighted by Crippen LogP contribution is -2.30. The number of allylic oxidation sites excluding steroid dienone is 2. The van der Waals surface area contributed by atoms with E-state index in [-0.39, 0.29) is 31.1 Å². The summed E-state index contributed by atoms with van der Waals surface area (Å²) in [7, 11) is 0. The maximum absolute atomic E-state index is 12.8. The van der Waals surface area contributed by atoms with E-state index >= 15 is 0 Å². The number of hydrogen-bond donors (Lipinski definition) is 0. The maximum Gasteiger partial charge on any atom is 0.306 e. The summed E-state index contributed by atoms with van der Waals surface area (Å²) in [5.74, 6) is -0.843. The van der Waals surface area contributed by atoms with Crippen molar-refractivity contribution < 1.29 is 28.6 Å². The summed E-state index contributed by atoms with van der Waals surface area (Å²) >= 11 is 0. The van der Waals surface area contributed by atoms with Gasteiger partial charge in [-0.15, -0.1) is 0 Å². The molecule has 0 aliphatic rings. The molecule has 0 aromatic heterocycles. The molecule has 420 valence electrons. The molecule has 0 aromatic carbocycles. The molecule has 1 atom stereocenters. The first kappa shape index (κ1) is 69.2. The Kier molecular flexibility index (Phi) is 59.1. The van der Waals surface area contributed by atoms with Crippen molar-refractivity contribution in [2.75, 3.05) is 13.2 Å². The Hall–Kier alpha value is -1.85.